The number of hydrogen-bond acceptors (Lipinski definition) is 6. The topological polar surface area (TPSA) is 114 Å². The zero-order valence-electron chi connectivity index (χ0n) is 19.3. The summed E-state index contributed by atoms with van der Waals surface area (Å²) in [4.78, 5) is 39.3. The lowest BCUT2D eigenvalue weighted by atomic mass is 9.93. The standard InChI is InChI=1S/C25H25F3N6O2/c26-25(27,28)18-7-3-5-16(13-18)19-15-32-24(29)33-22(19)20-8-1-2-12-34(20)21(35)9-11-31-23(36)17-6-4-10-30-14-17/h3-7,10,13-15,20H,1-2,8-9,11-12H2,(H,31,36)(H2,29,32,33)/t20-/m1/s1. The van der Waals surface area contributed by atoms with E-state index in [0.29, 0.717) is 35.3 Å². The molecule has 2 amide bonds. The van der Waals surface area contributed by atoms with Crippen molar-refractivity contribution in [3.05, 3.63) is 71.8 Å². The van der Waals surface area contributed by atoms with Crippen LogP contribution >= 0.6 is 0 Å². The molecule has 3 N–H and O–H groups in total. The molecule has 0 radical (unpaired) electrons. The summed E-state index contributed by atoms with van der Waals surface area (Å²) < 4.78 is 40.0. The Kier molecular flexibility index (Phi) is 7.47. The third kappa shape index (κ3) is 5.78. The fourth-order valence-corrected chi connectivity index (χ4v) is 4.29. The van der Waals surface area contributed by atoms with Crippen molar-refractivity contribution < 1.29 is 22.8 Å². The van der Waals surface area contributed by atoms with Gasteiger partial charge < -0.3 is 16.0 Å². The van der Waals surface area contributed by atoms with Crippen LogP contribution in [0, 0.1) is 0 Å². The highest BCUT2D eigenvalue weighted by Gasteiger charge is 2.33. The van der Waals surface area contributed by atoms with Gasteiger partial charge in [-0.05, 0) is 49.1 Å². The lowest BCUT2D eigenvalue weighted by Crippen LogP contribution is -2.40. The van der Waals surface area contributed by atoms with E-state index in [9.17, 15) is 22.8 Å². The predicted octanol–water partition coefficient (Wildman–Crippen LogP) is 4.01. The Morgan fingerprint density at radius 2 is 1.97 bits per heavy atom. The number of carbonyl (C=O) groups excluding carboxylic acids is 2. The van der Waals surface area contributed by atoms with Gasteiger partial charge in [0, 0.05) is 43.7 Å². The Labute approximate surface area is 205 Å². The van der Waals surface area contributed by atoms with E-state index in [0.717, 1.165) is 25.0 Å². The molecule has 0 spiro atoms. The van der Waals surface area contributed by atoms with Crippen molar-refractivity contribution in [3.8, 4) is 11.1 Å². The van der Waals surface area contributed by atoms with Gasteiger partial charge >= 0.3 is 6.18 Å². The average molecular weight is 499 g/mol. The summed E-state index contributed by atoms with van der Waals surface area (Å²) in [5.74, 6) is -0.553. The van der Waals surface area contributed by atoms with Gasteiger partial charge in [0.25, 0.3) is 5.91 Å². The Hall–Kier alpha value is -4.02. The van der Waals surface area contributed by atoms with Gasteiger partial charge in [0.1, 0.15) is 0 Å². The van der Waals surface area contributed by atoms with Crippen LogP contribution < -0.4 is 11.1 Å². The number of alkyl halides is 3. The summed E-state index contributed by atoms with van der Waals surface area (Å²) in [6, 6.07) is 7.71. The highest BCUT2D eigenvalue weighted by molar-refractivity contribution is 5.94. The Morgan fingerprint density at radius 3 is 2.72 bits per heavy atom. The van der Waals surface area contributed by atoms with Gasteiger partial charge in [0.2, 0.25) is 11.9 Å². The SMILES string of the molecule is Nc1ncc(-c2cccc(C(F)(F)F)c2)c([C@H]2CCCCN2C(=O)CCNC(=O)c2cccnc2)n1. The number of likely N-dealkylation sites (tertiary alicyclic amines) is 1. The number of anilines is 1. The summed E-state index contributed by atoms with van der Waals surface area (Å²) in [7, 11) is 0. The molecule has 11 heteroatoms. The van der Waals surface area contributed by atoms with Crippen LogP contribution in [0.15, 0.2) is 55.0 Å². The molecule has 1 aliphatic rings. The van der Waals surface area contributed by atoms with E-state index in [2.05, 4.69) is 20.3 Å². The summed E-state index contributed by atoms with van der Waals surface area (Å²) in [5, 5.41) is 2.71. The first-order valence-corrected chi connectivity index (χ1v) is 11.5. The van der Waals surface area contributed by atoms with Crippen molar-refractivity contribution in [2.45, 2.75) is 37.9 Å². The smallest absolute Gasteiger partial charge is 0.368 e. The van der Waals surface area contributed by atoms with Crippen LogP contribution in [0.2, 0.25) is 0 Å². The number of rotatable bonds is 6. The fraction of sp³-hybridized carbons (Fsp3) is 0.320. The molecule has 8 nitrogen and oxygen atoms in total. The molecule has 1 atom stereocenters. The third-order valence-electron chi connectivity index (χ3n) is 6.02. The number of pyridine rings is 1. The number of benzene rings is 1. The number of nitrogens with zero attached hydrogens (tertiary/aromatic N) is 4. The highest BCUT2D eigenvalue weighted by atomic mass is 19.4. The molecule has 1 aromatic carbocycles. The van der Waals surface area contributed by atoms with E-state index in [1.54, 1.807) is 29.3 Å². The molecule has 1 saturated heterocycles. The summed E-state index contributed by atoms with van der Waals surface area (Å²) >= 11 is 0. The Bertz CT molecular complexity index is 1240. The molecule has 0 unspecified atom stereocenters. The van der Waals surface area contributed by atoms with Crippen LogP contribution in [0.3, 0.4) is 0 Å². The van der Waals surface area contributed by atoms with Gasteiger partial charge in [-0.3, -0.25) is 14.6 Å². The van der Waals surface area contributed by atoms with Crippen molar-refractivity contribution in [1.29, 1.82) is 0 Å². The Morgan fingerprint density at radius 1 is 1.14 bits per heavy atom. The second-order valence-electron chi connectivity index (χ2n) is 8.45. The highest BCUT2D eigenvalue weighted by Crippen LogP contribution is 2.38. The molecule has 4 rings (SSSR count). The minimum atomic E-state index is -4.50. The molecule has 188 valence electrons. The van der Waals surface area contributed by atoms with E-state index < -0.39 is 17.8 Å². The van der Waals surface area contributed by atoms with Crippen molar-refractivity contribution in [2.24, 2.45) is 0 Å². The van der Waals surface area contributed by atoms with E-state index >= 15 is 0 Å². The zero-order chi connectivity index (χ0) is 25.7. The maximum absolute atomic E-state index is 13.3. The van der Waals surface area contributed by atoms with Crippen LogP contribution in [0.1, 0.15) is 53.3 Å². The second-order valence-corrected chi connectivity index (χ2v) is 8.45. The number of nitrogens with two attached hydrogens (primary N) is 1. The summed E-state index contributed by atoms with van der Waals surface area (Å²) in [6.45, 7) is 0.591. The van der Waals surface area contributed by atoms with Gasteiger partial charge in [-0.2, -0.15) is 13.2 Å². The molecule has 3 aromatic rings. The number of nitrogens with one attached hydrogen (secondary N) is 1. The zero-order valence-corrected chi connectivity index (χ0v) is 19.3. The molecule has 1 aliphatic heterocycles. The molecule has 36 heavy (non-hydrogen) atoms. The first-order chi connectivity index (χ1) is 17.2. The molecule has 3 heterocycles. The lowest BCUT2D eigenvalue weighted by molar-refractivity contribution is -0.137. The number of aromatic nitrogens is 3. The van der Waals surface area contributed by atoms with Gasteiger partial charge in [0.15, 0.2) is 0 Å². The van der Waals surface area contributed by atoms with Crippen LogP contribution in [0.4, 0.5) is 19.1 Å². The summed E-state index contributed by atoms with van der Waals surface area (Å²) in [5.41, 5.74) is 6.54. The second kappa shape index (κ2) is 10.7. The normalized spacial score (nSPS) is 16.0. The first-order valence-electron chi connectivity index (χ1n) is 11.5. The molecule has 0 aliphatic carbocycles. The van der Waals surface area contributed by atoms with E-state index in [1.807, 2.05) is 0 Å². The lowest BCUT2D eigenvalue weighted by Gasteiger charge is -2.36. The number of halogens is 3. The number of amides is 2. The largest absolute Gasteiger partial charge is 0.416 e. The number of nitrogen functional groups attached to an aromatic ring is 1. The maximum Gasteiger partial charge on any atom is 0.416 e. The molecular formula is C25H25F3N6O2. The van der Waals surface area contributed by atoms with Crippen LogP contribution in [-0.4, -0.2) is 44.8 Å². The molecule has 0 saturated carbocycles. The molecular weight excluding hydrogens is 473 g/mol. The molecule has 0 bridgehead atoms. The minimum Gasteiger partial charge on any atom is -0.368 e. The number of hydrogen-bond donors (Lipinski definition) is 2. The van der Waals surface area contributed by atoms with Crippen molar-refractivity contribution in [2.75, 3.05) is 18.8 Å². The number of piperidine rings is 1. The minimum absolute atomic E-state index is 0.0255. The van der Waals surface area contributed by atoms with Crippen molar-refractivity contribution in [3.63, 3.8) is 0 Å². The van der Waals surface area contributed by atoms with E-state index in [4.69, 9.17) is 5.73 Å². The fourth-order valence-electron chi connectivity index (χ4n) is 4.29. The Balaban J connectivity index is 1.55. The van der Waals surface area contributed by atoms with E-state index in [1.165, 1.54) is 18.5 Å². The average Bonchev–Trinajstić information content (AvgIpc) is 2.88. The van der Waals surface area contributed by atoms with Crippen molar-refractivity contribution in [1.82, 2.24) is 25.2 Å². The molecule has 1 fully saturated rings. The van der Waals surface area contributed by atoms with Crippen LogP contribution in [-0.2, 0) is 11.0 Å². The quantitative estimate of drug-likeness (QED) is 0.531. The monoisotopic (exact) mass is 498 g/mol. The van der Waals surface area contributed by atoms with Crippen LogP contribution in [0.25, 0.3) is 11.1 Å². The van der Waals surface area contributed by atoms with Crippen molar-refractivity contribution >= 4 is 17.8 Å². The van der Waals surface area contributed by atoms with Gasteiger partial charge in [-0.25, -0.2) is 9.97 Å². The first kappa shape index (κ1) is 25.1. The molecule has 2 aromatic heterocycles. The van der Waals surface area contributed by atoms with Gasteiger partial charge in [-0.1, -0.05) is 12.1 Å². The number of carbonyl (C=O) groups is 2. The summed E-state index contributed by atoms with van der Waals surface area (Å²) in [6.07, 6.45) is 2.13. The van der Waals surface area contributed by atoms with E-state index in [-0.39, 0.29) is 30.7 Å². The van der Waals surface area contributed by atoms with Gasteiger partial charge in [-0.15, -0.1) is 0 Å². The predicted molar refractivity (Wildman–Crippen MR) is 126 cm³/mol. The third-order valence-corrected chi connectivity index (χ3v) is 6.02. The maximum atomic E-state index is 13.3. The van der Waals surface area contributed by atoms with Crippen LogP contribution in [0.5, 0.6) is 0 Å². The van der Waals surface area contributed by atoms with Gasteiger partial charge in [0.05, 0.1) is 22.9 Å².